The van der Waals surface area contributed by atoms with E-state index in [1.165, 1.54) is 0 Å². The van der Waals surface area contributed by atoms with Gasteiger partial charge in [-0.05, 0) is 30.7 Å². The maximum atomic E-state index is 9.08. The summed E-state index contributed by atoms with van der Waals surface area (Å²) in [5, 5.41) is 9.08. The van der Waals surface area contributed by atoms with Crippen molar-refractivity contribution in [1.29, 1.82) is 0 Å². The van der Waals surface area contributed by atoms with Crippen LogP contribution in [0.5, 0.6) is 11.6 Å². The number of nitrogens with two attached hydrogens (primary N) is 1. The second kappa shape index (κ2) is 5.62. The Balaban J connectivity index is 2.28. The first-order valence-corrected chi connectivity index (χ1v) is 5.79. The molecule has 0 aliphatic rings. The molecule has 0 amide bonds. The molecule has 0 aliphatic heterocycles. The molecule has 2 aromatic rings. The fraction of sp³-hybridized carbons (Fsp3) is 0.214. The largest absolute Gasteiger partial charge is 0.439 e. The predicted molar refractivity (Wildman–Crippen MR) is 69.3 cm³/mol. The fourth-order valence-electron chi connectivity index (χ4n) is 1.65. The molecular weight excluding hydrogens is 228 g/mol. The number of nitrogens with zero attached hydrogens (tertiary/aromatic N) is 1. The van der Waals surface area contributed by atoms with E-state index in [0.29, 0.717) is 11.6 Å². The lowest BCUT2D eigenvalue weighted by Gasteiger charge is -2.12. The third-order valence-corrected chi connectivity index (χ3v) is 2.59. The number of hydrogen-bond donors (Lipinski definition) is 2. The van der Waals surface area contributed by atoms with Crippen LogP contribution in [0.1, 0.15) is 24.1 Å². The fourth-order valence-corrected chi connectivity index (χ4v) is 1.65. The molecule has 0 aliphatic carbocycles. The third-order valence-electron chi connectivity index (χ3n) is 2.59. The summed E-state index contributed by atoms with van der Waals surface area (Å²) in [4.78, 5) is 4.19. The summed E-state index contributed by atoms with van der Waals surface area (Å²) in [5.74, 6) is 1.14. The first-order chi connectivity index (χ1) is 8.70. The Kier molecular flexibility index (Phi) is 3.92. The summed E-state index contributed by atoms with van der Waals surface area (Å²) in [6, 6.07) is 10.8. The van der Waals surface area contributed by atoms with Gasteiger partial charge >= 0.3 is 0 Å². The van der Waals surface area contributed by atoms with Crippen molar-refractivity contribution in [2.24, 2.45) is 5.73 Å². The standard InChI is InChI=1S/C14H16N2O2/c1-10(15)13-6-3-7-16-14(13)18-12-5-2-4-11(8-12)9-17/h2-8,10,17H,9,15H2,1H3. The summed E-state index contributed by atoms with van der Waals surface area (Å²) in [6.45, 7) is 1.87. The lowest BCUT2D eigenvalue weighted by Crippen LogP contribution is -2.07. The summed E-state index contributed by atoms with van der Waals surface area (Å²) < 4.78 is 5.71. The quantitative estimate of drug-likeness (QED) is 0.866. The highest BCUT2D eigenvalue weighted by atomic mass is 16.5. The van der Waals surface area contributed by atoms with Gasteiger partial charge in [-0.1, -0.05) is 18.2 Å². The summed E-state index contributed by atoms with van der Waals surface area (Å²) in [5.41, 5.74) is 7.51. The van der Waals surface area contributed by atoms with Gasteiger partial charge in [0.05, 0.1) is 6.61 Å². The molecule has 4 nitrogen and oxygen atoms in total. The Hall–Kier alpha value is -1.91. The minimum absolute atomic E-state index is 0.0143. The number of aliphatic hydroxyl groups is 1. The number of hydrogen-bond acceptors (Lipinski definition) is 4. The maximum absolute atomic E-state index is 9.08. The molecule has 1 heterocycles. The number of rotatable bonds is 4. The van der Waals surface area contributed by atoms with Gasteiger partial charge in [-0.3, -0.25) is 0 Å². The van der Waals surface area contributed by atoms with Crippen LogP contribution in [0, 0.1) is 0 Å². The highest BCUT2D eigenvalue weighted by Crippen LogP contribution is 2.26. The number of pyridine rings is 1. The zero-order chi connectivity index (χ0) is 13.0. The SMILES string of the molecule is CC(N)c1cccnc1Oc1cccc(CO)c1. The molecule has 0 fully saturated rings. The van der Waals surface area contributed by atoms with Crippen molar-refractivity contribution in [1.82, 2.24) is 4.98 Å². The van der Waals surface area contributed by atoms with E-state index < -0.39 is 0 Å². The predicted octanol–water partition coefficient (Wildman–Crippen LogP) is 2.39. The molecule has 4 heteroatoms. The van der Waals surface area contributed by atoms with Gasteiger partial charge in [0.2, 0.25) is 5.88 Å². The van der Waals surface area contributed by atoms with E-state index in [0.717, 1.165) is 11.1 Å². The molecule has 0 spiro atoms. The molecule has 1 aromatic carbocycles. The number of ether oxygens (including phenoxy) is 1. The Morgan fingerprint density at radius 2 is 2.17 bits per heavy atom. The summed E-state index contributed by atoms with van der Waals surface area (Å²) in [6.07, 6.45) is 1.66. The molecule has 18 heavy (non-hydrogen) atoms. The molecule has 0 bridgehead atoms. The van der Waals surface area contributed by atoms with Crippen molar-refractivity contribution in [3.8, 4) is 11.6 Å². The zero-order valence-electron chi connectivity index (χ0n) is 10.2. The highest BCUT2D eigenvalue weighted by Gasteiger charge is 2.09. The van der Waals surface area contributed by atoms with E-state index in [9.17, 15) is 0 Å². The van der Waals surface area contributed by atoms with Gasteiger partial charge in [0, 0.05) is 17.8 Å². The Labute approximate surface area is 106 Å². The Morgan fingerprint density at radius 3 is 2.89 bits per heavy atom. The topological polar surface area (TPSA) is 68.4 Å². The first kappa shape index (κ1) is 12.5. The average molecular weight is 244 g/mol. The molecule has 3 N–H and O–H groups in total. The molecule has 1 aromatic heterocycles. The second-order valence-corrected chi connectivity index (χ2v) is 4.09. The van der Waals surface area contributed by atoms with Crippen LogP contribution in [0.3, 0.4) is 0 Å². The van der Waals surface area contributed by atoms with Gasteiger partial charge in [0.1, 0.15) is 5.75 Å². The van der Waals surface area contributed by atoms with Gasteiger partial charge < -0.3 is 15.6 Å². The van der Waals surface area contributed by atoms with Crippen molar-refractivity contribution in [2.75, 3.05) is 0 Å². The lowest BCUT2D eigenvalue weighted by atomic mass is 10.1. The molecular formula is C14H16N2O2. The average Bonchev–Trinajstić information content (AvgIpc) is 2.39. The van der Waals surface area contributed by atoms with Gasteiger partial charge in [0.15, 0.2) is 0 Å². The van der Waals surface area contributed by atoms with Gasteiger partial charge in [-0.15, -0.1) is 0 Å². The van der Waals surface area contributed by atoms with Crippen LogP contribution in [0.25, 0.3) is 0 Å². The monoisotopic (exact) mass is 244 g/mol. The summed E-state index contributed by atoms with van der Waals surface area (Å²) >= 11 is 0. The molecule has 2 rings (SSSR count). The normalized spacial score (nSPS) is 12.2. The summed E-state index contributed by atoms with van der Waals surface area (Å²) in [7, 11) is 0. The molecule has 0 radical (unpaired) electrons. The van der Waals surface area contributed by atoms with E-state index in [1.807, 2.05) is 37.3 Å². The van der Waals surface area contributed by atoms with Crippen LogP contribution in [-0.4, -0.2) is 10.1 Å². The van der Waals surface area contributed by atoms with E-state index in [-0.39, 0.29) is 12.6 Å². The van der Waals surface area contributed by atoms with Crippen molar-refractivity contribution >= 4 is 0 Å². The van der Waals surface area contributed by atoms with Crippen LogP contribution >= 0.6 is 0 Å². The maximum Gasteiger partial charge on any atom is 0.223 e. The van der Waals surface area contributed by atoms with Crippen molar-refractivity contribution in [3.63, 3.8) is 0 Å². The van der Waals surface area contributed by atoms with E-state index in [1.54, 1.807) is 12.3 Å². The Morgan fingerprint density at radius 1 is 1.33 bits per heavy atom. The van der Waals surface area contributed by atoms with Crippen LogP contribution in [0.2, 0.25) is 0 Å². The van der Waals surface area contributed by atoms with E-state index in [2.05, 4.69) is 4.98 Å². The molecule has 0 saturated carbocycles. The minimum atomic E-state index is -0.144. The van der Waals surface area contributed by atoms with Crippen molar-refractivity contribution in [2.45, 2.75) is 19.6 Å². The molecule has 1 atom stereocenters. The van der Waals surface area contributed by atoms with Crippen LogP contribution in [0.15, 0.2) is 42.6 Å². The molecule has 94 valence electrons. The van der Waals surface area contributed by atoms with Crippen LogP contribution in [-0.2, 0) is 6.61 Å². The highest BCUT2D eigenvalue weighted by molar-refractivity contribution is 5.35. The van der Waals surface area contributed by atoms with Crippen molar-refractivity contribution < 1.29 is 9.84 Å². The van der Waals surface area contributed by atoms with Crippen molar-refractivity contribution in [3.05, 3.63) is 53.7 Å². The zero-order valence-corrected chi connectivity index (χ0v) is 10.2. The number of aliphatic hydroxyl groups excluding tert-OH is 1. The Bertz CT molecular complexity index is 527. The van der Waals surface area contributed by atoms with Gasteiger partial charge in [0.25, 0.3) is 0 Å². The van der Waals surface area contributed by atoms with Crippen LogP contribution < -0.4 is 10.5 Å². The minimum Gasteiger partial charge on any atom is -0.439 e. The third kappa shape index (κ3) is 2.85. The molecule has 1 unspecified atom stereocenters. The van der Waals surface area contributed by atoms with Gasteiger partial charge in [-0.25, -0.2) is 4.98 Å². The first-order valence-electron chi connectivity index (χ1n) is 5.79. The molecule has 0 saturated heterocycles. The van der Waals surface area contributed by atoms with Gasteiger partial charge in [-0.2, -0.15) is 0 Å². The van der Waals surface area contributed by atoms with E-state index in [4.69, 9.17) is 15.6 Å². The lowest BCUT2D eigenvalue weighted by molar-refractivity contribution is 0.281. The second-order valence-electron chi connectivity index (χ2n) is 4.09. The van der Waals surface area contributed by atoms with Crippen LogP contribution in [0.4, 0.5) is 0 Å². The number of aromatic nitrogens is 1. The number of benzene rings is 1. The smallest absolute Gasteiger partial charge is 0.223 e. The van der Waals surface area contributed by atoms with E-state index >= 15 is 0 Å².